The summed E-state index contributed by atoms with van der Waals surface area (Å²) in [5.41, 5.74) is 2.21. The van der Waals surface area contributed by atoms with Crippen LogP contribution in [0.5, 0.6) is 0 Å². The highest BCUT2D eigenvalue weighted by molar-refractivity contribution is 5.98. The standard InChI is InChI=1S/C17H17NO3/c1-11-8-14(10-15(9-11)17(20)21)16(19)18-12(2)13-6-4-3-5-7-13/h3-10,12H,1-2H3,(H,18,19)(H,20,21). The molecule has 2 aromatic rings. The van der Waals surface area contributed by atoms with E-state index in [4.69, 9.17) is 5.11 Å². The lowest BCUT2D eigenvalue weighted by Crippen LogP contribution is -2.26. The van der Waals surface area contributed by atoms with E-state index in [2.05, 4.69) is 5.32 Å². The highest BCUT2D eigenvalue weighted by atomic mass is 16.4. The van der Waals surface area contributed by atoms with E-state index in [0.29, 0.717) is 5.56 Å². The molecule has 4 heteroatoms. The highest BCUT2D eigenvalue weighted by Crippen LogP contribution is 2.14. The molecule has 0 saturated carbocycles. The fraction of sp³-hybridized carbons (Fsp3) is 0.176. The van der Waals surface area contributed by atoms with Gasteiger partial charge in [0.05, 0.1) is 11.6 Å². The van der Waals surface area contributed by atoms with Gasteiger partial charge in [-0.3, -0.25) is 4.79 Å². The predicted octanol–water partition coefficient (Wildman–Crippen LogP) is 3.18. The summed E-state index contributed by atoms with van der Waals surface area (Å²) < 4.78 is 0. The summed E-state index contributed by atoms with van der Waals surface area (Å²) in [7, 11) is 0. The molecule has 0 bridgehead atoms. The second kappa shape index (κ2) is 6.22. The molecule has 2 aromatic carbocycles. The van der Waals surface area contributed by atoms with Crippen LogP contribution in [0.1, 0.15) is 44.8 Å². The van der Waals surface area contributed by atoms with Gasteiger partial charge >= 0.3 is 5.97 Å². The third-order valence-electron chi connectivity index (χ3n) is 3.23. The van der Waals surface area contributed by atoms with Crippen LogP contribution in [0.2, 0.25) is 0 Å². The summed E-state index contributed by atoms with van der Waals surface area (Å²) in [4.78, 5) is 23.3. The maximum absolute atomic E-state index is 12.3. The van der Waals surface area contributed by atoms with Gasteiger partial charge in [0.15, 0.2) is 0 Å². The fourth-order valence-electron chi connectivity index (χ4n) is 2.14. The molecule has 4 nitrogen and oxygen atoms in total. The van der Waals surface area contributed by atoms with Crippen molar-refractivity contribution in [3.8, 4) is 0 Å². The van der Waals surface area contributed by atoms with Crippen molar-refractivity contribution < 1.29 is 14.7 Å². The molecule has 0 aliphatic heterocycles. The molecule has 2 N–H and O–H groups in total. The summed E-state index contributed by atoms with van der Waals surface area (Å²) in [5, 5.41) is 11.9. The Kier molecular flexibility index (Phi) is 4.38. The van der Waals surface area contributed by atoms with Crippen LogP contribution in [0.15, 0.2) is 48.5 Å². The predicted molar refractivity (Wildman–Crippen MR) is 80.5 cm³/mol. The van der Waals surface area contributed by atoms with E-state index >= 15 is 0 Å². The van der Waals surface area contributed by atoms with Crippen LogP contribution in [-0.4, -0.2) is 17.0 Å². The largest absolute Gasteiger partial charge is 0.478 e. The molecule has 1 unspecified atom stereocenters. The number of aromatic carboxylic acids is 1. The molecule has 0 aromatic heterocycles. The SMILES string of the molecule is Cc1cc(C(=O)O)cc(C(=O)NC(C)c2ccccc2)c1. The van der Waals surface area contributed by atoms with Crippen molar-refractivity contribution in [3.63, 3.8) is 0 Å². The Morgan fingerprint density at radius 3 is 2.29 bits per heavy atom. The molecule has 0 fully saturated rings. The average Bonchev–Trinajstić information content (AvgIpc) is 2.47. The minimum Gasteiger partial charge on any atom is -0.478 e. The van der Waals surface area contributed by atoms with E-state index in [-0.39, 0.29) is 17.5 Å². The molecular weight excluding hydrogens is 266 g/mol. The van der Waals surface area contributed by atoms with Gasteiger partial charge in [-0.05, 0) is 43.2 Å². The van der Waals surface area contributed by atoms with Crippen molar-refractivity contribution >= 4 is 11.9 Å². The zero-order valence-corrected chi connectivity index (χ0v) is 12.0. The van der Waals surface area contributed by atoms with Crippen LogP contribution in [0.3, 0.4) is 0 Å². The molecule has 108 valence electrons. The summed E-state index contributed by atoms with van der Waals surface area (Å²) >= 11 is 0. The number of nitrogens with one attached hydrogen (secondary N) is 1. The van der Waals surface area contributed by atoms with Gasteiger partial charge in [-0.1, -0.05) is 30.3 Å². The van der Waals surface area contributed by atoms with E-state index in [1.54, 1.807) is 19.1 Å². The number of benzene rings is 2. The lowest BCUT2D eigenvalue weighted by Gasteiger charge is -2.14. The molecule has 1 amide bonds. The van der Waals surface area contributed by atoms with E-state index in [9.17, 15) is 9.59 Å². The quantitative estimate of drug-likeness (QED) is 0.905. The monoisotopic (exact) mass is 283 g/mol. The number of carbonyl (C=O) groups is 2. The minimum absolute atomic E-state index is 0.118. The van der Waals surface area contributed by atoms with Crippen LogP contribution >= 0.6 is 0 Å². The smallest absolute Gasteiger partial charge is 0.335 e. The van der Waals surface area contributed by atoms with Crippen LogP contribution in [0.25, 0.3) is 0 Å². The second-order valence-electron chi connectivity index (χ2n) is 5.00. The third kappa shape index (κ3) is 3.69. The zero-order chi connectivity index (χ0) is 15.4. The first-order chi connectivity index (χ1) is 9.97. The fourth-order valence-corrected chi connectivity index (χ4v) is 2.14. The van der Waals surface area contributed by atoms with Gasteiger partial charge < -0.3 is 10.4 Å². The van der Waals surface area contributed by atoms with Crippen LogP contribution < -0.4 is 5.32 Å². The number of carboxylic acid groups (broad SMARTS) is 1. The molecule has 1 atom stereocenters. The Morgan fingerprint density at radius 1 is 1.05 bits per heavy atom. The Hall–Kier alpha value is -2.62. The zero-order valence-electron chi connectivity index (χ0n) is 12.0. The van der Waals surface area contributed by atoms with E-state index < -0.39 is 5.97 Å². The molecule has 2 rings (SSSR count). The Morgan fingerprint density at radius 2 is 1.67 bits per heavy atom. The molecule has 0 saturated heterocycles. The van der Waals surface area contributed by atoms with Crippen molar-refractivity contribution in [2.24, 2.45) is 0 Å². The van der Waals surface area contributed by atoms with E-state index in [1.165, 1.54) is 6.07 Å². The number of hydrogen-bond donors (Lipinski definition) is 2. The Labute approximate surface area is 123 Å². The summed E-state index contributed by atoms with van der Waals surface area (Å²) in [5.74, 6) is -1.32. The van der Waals surface area contributed by atoms with Crippen molar-refractivity contribution in [2.45, 2.75) is 19.9 Å². The Bertz CT molecular complexity index is 665. The topological polar surface area (TPSA) is 66.4 Å². The van der Waals surface area contributed by atoms with Crippen LogP contribution in [0.4, 0.5) is 0 Å². The molecule has 21 heavy (non-hydrogen) atoms. The van der Waals surface area contributed by atoms with Crippen molar-refractivity contribution in [3.05, 3.63) is 70.8 Å². The van der Waals surface area contributed by atoms with Crippen molar-refractivity contribution in [2.75, 3.05) is 0 Å². The Balaban J connectivity index is 2.19. The lowest BCUT2D eigenvalue weighted by atomic mass is 10.0. The van der Waals surface area contributed by atoms with Crippen LogP contribution in [0, 0.1) is 6.92 Å². The van der Waals surface area contributed by atoms with E-state index in [1.807, 2.05) is 37.3 Å². The van der Waals surface area contributed by atoms with Gasteiger partial charge in [0.1, 0.15) is 0 Å². The number of aryl methyl sites for hydroxylation is 1. The van der Waals surface area contributed by atoms with Gasteiger partial charge in [0, 0.05) is 5.56 Å². The third-order valence-corrected chi connectivity index (χ3v) is 3.23. The highest BCUT2D eigenvalue weighted by Gasteiger charge is 2.14. The van der Waals surface area contributed by atoms with Crippen molar-refractivity contribution in [1.82, 2.24) is 5.32 Å². The van der Waals surface area contributed by atoms with Gasteiger partial charge in [0.2, 0.25) is 0 Å². The number of carbonyl (C=O) groups excluding carboxylic acids is 1. The number of rotatable bonds is 4. The minimum atomic E-state index is -1.04. The number of hydrogen-bond acceptors (Lipinski definition) is 2. The van der Waals surface area contributed by atoms with E-state index in [0.717, 1.165) is 11.1 Å². The first kappa shape index (κ1) is 14.8. The average molecular weight is 283 g/mol. The molecule has 0 radical (unpaired) electrons. The number of carboxylic acids is 1. The molecule has 0 spiro atoms. The first-order valence-corrected chi connectivity index (χ1v) is 6.68. The van der Waals surface area contributed by atoms with Crippen molar-refractivity contribution in [1.29, 1.82) is 0 Å². The summed E-state index contributed by atoms with van der Waals surface area (Å²) in [6, 6.07) is 14.1. The number of amides is 1. The maximum Gasteiger partial charge on any atom is 0.335 e. The van der Waals surface area contributed by atoms with Crippen LogP contribution in [-0.2, 0) is 0 Å². The first-order valence-electron chi connectivity index (χ1n) is 6.68. The van der Waals surface area contributed by atoms with Gasteiger partial charge in [-0.25, -0.2) is 4.79 Å². The lowest BCUT2D eigenvalue weighted by molar-refractivity contribution is 0.0696. The van der Waals surface area contributed by atoms with Gasteiger partial charge in [-0.15, -0.1) is 0 Å². The molecule has 0 aliphatic carbocycles. The summed E-state index contributed by atoms with van der Waals surface area (Å²) in [6.07, 6.45) is 0. The van der Waals surface area contributed by atoms with Gasteiger partial charge in [-0.2, -0.15) is 0 Å². The molecule has 0 heterocycles. The maximum atomic E-state index is 12.3. The second-order valence-corrected chi connectivity index (χ2v) is 5.00. The molecule has 0 aliphatic rings. The molecular formula is C17H17NO3. The normalized spacial score (nSPS) is 11.7. The van der Waals surface area contributed by atoms with Gasteiger partial charge in [0.25, 0.3) is 5.91 Å². The summed E-state index contributed by atoms with van der Waals surface area (Å²) in [6.45, 7) is 3.66.